The van der Waals surface area contributed by atoms with Crippen LogP contribution in [0, 0.1) is 0 Å². The van der Waals surface area contributed by atoms with Crippen LogP contribution in [0.4, 0.5) is 5.69 Å². The molecule has 2 amide bonds. The van der Waals surface area contributed by atoms with Crippen molar-refractivity contribution in [3.05, 3.63) is 84.4 Å². The van der Waals surface area contributed by atoms with Gasteiger partial charge in [-0.25, -0.2) is 8.42 Å². The van der Waals surface area contributed by atoms with Gasteiger partial charge in [0.15, 0.2) is 0 Å². The number of carbonyl (C=O) groups excluding carboxylic acids is 2. The van der Waals surface area contributed by atoms with Crippen molar-refractivity contribution in [2.75, 3.05) is 31.6 Å². The lowest BCUT2D eigenvalue weighted by atomic mass is 10.1. The molecule has 1 atom stereocenters. The van der Waals surface area contributed by atoms with Gasteiger partial charge in [-0.3, -0.25) is 13.9 Å². The minimum atomic E-state index is -4.12. The second-order valence-corrected chi connectivity index (χ2v) is 10.3. The summed E-state index contributed by atoms with van der Waals surface area (Å²) < 4.78 is 39.0. The first-order valence-electron chi connectivity index (χ1n) is 12.1. The summed E-state index contributed by atoms with van der Waals surface area (Å²) in [6, 6.07) is 20.6. The average Bonchev–Trinajstić information content (AvgIpc) is 2.94. The molecule has 0 saturated carbocycles. The van der Waals surface area contributed by atoms with Crippen LogP contribution in [0.25, 0.3) is 0 Å². The fourth-order valence-electron chi connectivity index (χ4n) is 3.87. The van der Waals surface area contributed by atoms with Crippen LogP contribution in [0.5, 0.6) is 11.5 Å². The second-order valence-electron chi connectivity index (χ2n) is 8.47. The molecule has 0 saturated heterocycles. The monoisotopic (exact) mass is 539 g/mol. The van der Waals surface area contributed by atoms with Crippen LogP contribution in [0.2, 0.25) is 0 Å². The molecule has 0 heterocycles. The maximum absolute atomic E-state index is 13.8. The molecule has 0 aliphatic rings. The van der Waals surface area contributed by atoms with Gasteiger partial charge in [0.1, 0.15) is 24.1 Å². The van der Waals surface area contributed by atoms with Crippen LogP contribution in [0.3, 0.4) is 0 Å². The molecule has 9 nitrogen and oxygen atoms in total. The van der Waals surface area contributed by atoms with Crippen molar-refractivity contribution >= 4 is 27.5 Å². The maximum atomic E-state index is 13.8. The number of nitrogens with one attached hydrogen (secondary N) is 1. The molecule has 0 radical (unpaired) electrons. The quantitative estimate of drug-likeness (QED) is 0.378. The Kier molecular flexibility index (Phi) is 9.72. The van der Waals surface area contributed by atoms with E-state index in [4.69, 9.17) is 9.47 Å². The number of hydrogen-bond acceptors (Lipinski definition) is 6. The van der Waals surface area contributed by atoms with Gasteiger partial charge in [-0.2, -0.15) is 0 Å². The minimum Gasteiger partial charge on any atom is -0.497 e. The number of hydrogen-bond donors (Lipinski definition) is 1. The molecular formula is C28H33N3O6S. The Bertz CT molecular complexity index is 1330. The van der Waals surface area contributed by atoms with E-state index in [2.05, 4.69) is 5.32 Å². The van der Waals surface area contributed by atoms with Gasteiger partial charge in [-0.05, 0) is 67.9 Å². The number of likely N-dealkylation sites (N-methyl/N-ethyl adjacent to an activating group) is 1. The summed E-state index contributed by atoms with van der Waals surface area (Å²) in [5, 5.41) is 2.74. The van der Waals surface area contributed by atoms with Gasteiger partial charge < -0.3 is 19.7 Å². The summed E-state index contributed by atoms with van der Waals surface area (Å²) in [5.74, 6) is 0.265. The van der Waals surface area contributed by atoms with E-state index in [9.17, 15) is 18.0 Å². The van der Waals surface area contributed by atoms with E-state index >= 15 is 0 Å². The number of ether oxygens (including phenoxy) is 2. The van der Waals surface area contributed by atoms with Crippen LogP contribution in [0.15, 0.2) is 83.8 Å². The van der Waals surface area contributed by atoms with E-state index in [0.29, 0.717) is 18.0 Å². The number of carbonyl (C=O) groups is 2. The van der Waals surface area contributed by atoms with E-state index in [1.54, 1.807) is 81.6 Å². The number of anilines is 1. The molecule has 0 unspecified atom stereocenters. The maximum Gasteiger partial charge on any atom is 0.264 e. The molecule has 202 valence electrons. The SMILES string of the molecule is CCNC(=O)[C@@H](C)N(Cc1cccc(OC)c1)C(=O)CN(c1ccc(OC)cc1)S(=O)(=O)c1ccccc1. The van der Waals surface area contributed by atoms with Gasteiger partial charge >= 0.3 is 0 Å². The summed E-state index contributed by atoms with van der Waals surface area (Å²) in [5.41, 5.74) is 1.02. The van der Waals surface area contributed by atoms with Gasteiger partial charge in [0.2, 0.25) is 11.8 Å². The van der Waals surface area contributed by atoms with Gasteiger partial charge in [0.25, 0.3) is 10.0 Å². The van der Waals surface area contributed by atoms with E-state index in [1.807, 2.05) is 6.07 Å². The Balaban J connectivity index is 2.02. The molecule has 3 aromatic carbocycles. The number of rotatable bonds is 12. The van der Waals surface area contributed by atoms with Crippen molar-refractivity contribution in [3.63, 3.8) is 0 Å². The molecule has 0 bridgehead atoms. The molecule has 3 rings (SSSR count). The van der Waals surface area contributed by atoms with Crippen molar-refractivity contribution in [1.29, 1.82) is 0 Å². The van der Waals surface area contributed by atoms with E-state index in [0.717, 1.165) is 9.87 Å². The third kappa shape index (κ3) is 6.83. The standard InChI is InChI=1S/C28H33N3O6S/c1-5-29-28(33)21(2)30(19-22-10-9-11-25(18-22)37-4)27(32)20-31(23-14-16-24(36-3)17-15-23)38(34,35)26-12-7-6-8-13-26/h6-18,21H,5,19-20H2,1-4H3,(H,29,33)/t21-/m1/s1. The number of nitrogens with zero attached hydrogens (tertiary/aromatic N) is 2. The van der Waals surface area contributed by atoms with Crippen molar-refractivity contribution < 1.29 is 27.5 Å². The molecule has 3 aromatic rings. The lowest BCUT2D eigenvalue weighted by molar-refractivity contribution is -0.139. The Morgan fingerprint density at radius 2 is 1.55 bits per heavy atom. The van der Waals surface area contributed by atoms with Crippen molar-refractivity contribution in [3.8, 4) is 11.5 Å². The fourth-order valence-corrected chi connectivity index (χ4v) is 5.30. The van der Waals surface area contributed by atoms with Crippen molar-refractivity contribution in [2.45, 2.75) is 31.3 Å². The van der Waals surface area contributed by atoms with Crippen LogP contribution >= 0.6 is 0 Å². The summed E-state index contributed by atoms with van der Waals surface area (Å²) in [7, 11) is -1.07. The van der Waals surface area contributed by atoms with Crippen LogP contribution in [-0.4, -0.2) is 58.5 Å². The molecule has 0 spiro atoms. The molecule has 0 aliphatic heterocycles. The second kappa shape index (κ2) is 13.0. The van der Waals surface area contributed by atoms with Gasteiger partial charge in [-0.1, -0.05) is 30.3 Å². The summed E-state index contributed by atoms with van der Waals surface area (Å²) in [6.45, 7) is 3.36. The summed E-state index contributed by atoms with van der Waals surface area (Å²) in [4.78, 5) is 28.0. The zero-order valence-electron chi connectivity index (χ0n) is 22.0. The molecule has 0 aromatic heterocycles. The smallest absolute Gasteiger partial charge is 0.264 e. The Morgan fingerprint density at radius 1 is 0.895 bits per heavy atom. The van der Waals surface area contributed by atoms with Gasteiger partial charge in [0, 0.05) is 13.1 Å². The number of methoxy groups -OCH3 is 2. The normalized spacial score (nSPS) is 11.8. The van der Waals surface area contributed by atoms with Crippen molar-refractivity contribution in [2.24, 2.45) is 0 Å². The highest BCUT2D eigenvalue weighted by molar-refractivity contribution is 7.92. The Labute approximate surface area is 224 Å². The molecule has 0 fully saturated rings. The predicted molar refractivity (Wildman–Crippen MR) is 146 cm³/mol. The minimum absolute atomic E-state index is 0.0414. The van der Waals surface area contributed by atoms with E-state index in [1.165, 1.54) is 24.1 Å². The summed E-state index contributed by atoms with van der Waals surface area (Å²) in [6.07, 6.45) is 0. The number of benzene rings is 3. The highest BCUT2D eigenvalue weighted by Gasteiger charge is 2.32. The van der Waals surface area contributed by atoms with Crippen molar-refractivity contribution in [1.82, 2.24) is 10.2 Å². The molecule has 1 N–H and O–H groups in total. The molecule has 38 heavy (non-hydrogen) atoms. The zero-order valence-corrected chi connectivity index (χ0v) is 22.8. The zero-order chi connectivity index (χ0) is 27.7. The third-order valence-corrected chi connectivity index (χ3v) is 7.76. The van der Waals surface area contributed by atoms with Crippen LogP contribution in [0.1, 0.15) is 19.4 Å². The van der Waals surface area contributed by atoms with Gasteiger partial charge in [0.05, 0.1) is 24.8 Å². The summed E-state index contributed by atoms with van der Waals surface area (Å²) >= 11 is 0. The Hall–Kier alpha value is -4.05. The third-order valence-electron chi connectivity index (χ3n) is 5.98. The topological polar surface area (TPSA) is 105 Å². The number of amides is 2. The lowest BCUT2D eigenvalue weighted by Gasteiger charge is -2.32. The van der Waals surface area contributed by atoms with E-state index < -0.39 is 28.5 Å². The van der Waals surface area contributed by atoms with Gasteiger partial charge in [-0.15, -0.1) is 0 Å². The predicted octanol–water partition coefficient (Wildman–Crippen LogP) is 3.45. The first-order chi connectivity index (χ1) is 18.2. The highest BCUT2D eigenvalue weighted by Crippen LogP contribution is 2.26. The van der Waals surface area contributed by atoms with Crippen LogP contribution in [-0.2, 0) is 26.2 Å². The average molecular weight is 540 g/mol. The lowest BCUT2D eigenvalue weighted by Crippen LogP contribution is -2.51. The molecular weight excluding hydrogens is 506 g/mol. The largest absolute Gasteiger partial charge is 0.497 e. The first-order valence-corrected chi connectivity index (χ1v) is 13.6. The number of sulfonamides is 1. The molecule has 10 heteroatoms. The van der Waals surface area contributed by atoms with E-state index in [-0.39, 0.29) is 23.0 Å². The highest BCUT2D eigenvalue weighted by atomic mass is 32.2. The van der Waals surface area contributed by atoms with Crippen LogP contribution < -0.4 is 19.1 Å². The Morgan fingerprint density at radius 3 is 2.16 bits per heavy atom. The molecule has 0 aliphatic carbocycles. The first kappa shape index (κ1) is 28.5. The fraction of sp³-hybridized carbons (Fsp3) is 0.286.